The molecule has 0 bridgehead atoms. The largest absolute Gasteiger partial charge is 0.365 e. The van der Waals surface area contributed by atoms with Gasteiger partial charge in [0.15, 0.2) is 10.6 Å². The molecule has 0 spiro atoms. The first-order chi connectivity index (χ1) is 9.58. The number of hydrogen-bond acceptors (Lipinski definition) is 4. The first kappa shape index (κ1) is 13.1. The SMILES string of the molecule is Cc1csc(-n2cc(C(N)=O)c(=O)c3c2CCCC3)n1. The van der Waals surface area contributed by atoms with Crippen molar-refractivity contribution in [2.24, 2.45) is 5.73 Å². The quantitative estimate of drug-likeness (QED) is 0.911. The molecule has 1 amide bonds. The van der Waals surface area contributed by atoms with E-state index in [0.29, 0.717) is 6.42 Å². The number of pyridine rings is 1. The molecule has 0 aromatic carbocycles. The molecule has 0 aliphatic heterocycles. The van der Waals surface area contributed by atoms with Crippen molar-refractivity contribution in [3.05, 3.63) is 44.3 Å². The number of nitrogens with zero attached hydrogens (tertiary/aromatic N) is 2. The first-order valence-electron chi connectivity index (χ1n) is 6.57. The number of aryl methyl sites for hydroxylation is 1. The van der Waals surface area contributed by atoms with E-state index >= 15 is 0 Å². The van der Waals surface area contributed by atoms with Gasteiger partial charge in [0, 0.05) is 22.8 Å². The topological polar surface area (TPSA) is 78.0 Å². The summed E-state index contributed by atoms with van der Waals surface area (Å²) in [6, 6.07) is 0. The fourth-order valence-corrected chi connectivity index (χ4v) is 3.43. The van der Waals surface area contributed by atoms with E-state index in [1.807, 2.05) is 16.9 Å². The van der Waals surface area contributed by atoms with Crippen molar-refractivity contribution >= 4 is 17.2 Å². The van der Waals surface area contributed by atoms with Crippen LogP contribution < -0.4 is 11.2 Å². The fourth-order valence-electron chi connectivity index (χ4n) is 2.63. The molecule has 104 valence electrons. The molecule has 1 aliphatic rings. The maximum Gasteiger partial charge on any atom is 0.254 e. The van der Waals surface area contributed by atoms with E-state index in [1.54, 1.807) is 6.20 Å². The van der Waals surface area contributed by atoms with Gasteiger partial charge in [0.1, 0.15) is 5.56 Å². The van der Waals surface area contributed by atoms with Crippen LogP contribution in [0.15, 0.2) is 16.4 Å². The molecule has 3 rings (SSSR count). The lowest BCUT2D eigenvalue weighted by molar-refractivity contribution is 0.0998. The van der Waals surface area contributed by atoms with Gasteiger partial charge < -0.3 is 5.73 Å². The van der Waals surface area contributed by atoms with E-state index in [2.05, 4.69) is 4.98 Å². The number of hydrogen-bond donors (Lipinski definition) is 1. The minimum Gasteiger partial charge on any atom is -0.365 e. The Balaban J connectivity index is 2.30. The monoisotopic (exact) mass is 289 g/mol. The predicted octanol–water partition coefficient (Wildman–Crippen LogP) is 1.58. The highest BCUT2D eigenvalue weighted by molar-refractivity contribution is 7.12. The van der Waals surface area contributed by atoms with Crippen LogP contribution in [0.25, 0.3) is 5.13 Å². The van der Waals surface area contributed by atoms with Crippen molar-refractivity contribution in [2.45, 2.75) is 32.6 Å². The Labute approximate surface area is 120 Å². The van der Waals surface area contributed by atoms with Gasteiger partial charge in [0.2, 0.25) is 0 Å². The number of carbonyl (C=O) groups is 1. The lowest BCUT2D eigenvalue weighted by Gasteiger charge is -2.20. The van der Waals surface area contributed by atoms with Gasteiger partial charge in [-0.25, -0.2) is 4.98 Å². The average molecular weight is 289 g/mol. The van der Waals surface area contributed by atoms with Crippen LogP contribution in [0.3, 0.4) is 0 Å². The smallest absolute Gasteiger partial charge is 0.254 e. The second kappa shape index (κ2) is 4.86. The molecule has 0 saturated heterocycles. The molecule has 0 fully saturated rings. The molecule has 0 atom stereocenters. The molecule has 1 aliphatic carbocycles. The Kier molecular flexibility index (Phi) is 3.17. The minimum atomic E-state index is -0.676. The van der Waals surface area contributed by atoms with Gasteiger partial charge in [-0.2, -0.15) is 0 Å². The van der Waals surface area contributed by atoms with Crippen LogP contribution in [-0.2, 0) is 12.8 Å². The highest BCUT2D eigenvalue weighted by Crippen LogP contribution is 2.24. The van der Waals surface area contributed by atoms with Gasteiger partial charge in [0.25, 0.3) is 5.91 Å². The summed E-state index contributed by atoms with van der Waals surface area (Å²) in [7, 11) is 0. The number of aromatic nitrogens is 2. The molecule has 0 radical (unpaired) electrons. The van der Waals surface area contributed by atoms with Gasteiger partial charge in [-0.15, -0.1) is 11.3 Å². The van der Waals surface area contributed by atoms with Crippen molar-refractivity contribution in [3.63, 3.8) is 0 Å². The van der Waals surface area contributed by atoms with Crippen LogP contribution in [0.4, 0.5) is 0 Å². The van der Waals surface area contributed by atoms with Crippen LogP contribution in [0.1, 0.15) is 40.2 Å². The summed E-state index contributed by atoms with van der Waals surface area (Å²) < 4.78 is 1.87. The molecule has 6 heteroatoms. The van der Waals surface area contributed by atoms with E-state index in [-0.39, 0.29) is 11.0 Å². The summed E-state index contributed by atoms with van der Waals surface area (Å²) in [6.07, 6.45) is 5.11. The zero-order valence-corrected chi connectivity index (χ0v) is 12.0. The van der Waals surface area contributed by atoms with Crippen molar-refractivity contribution in [2.75, 3.05) is 0 Å². The Morgan fingerprint density at radius 2 is 2.15 bits per heavy atom. The van der Waals surface area contributed by atoms with Crippen LogP contribution in [0.5, 0.6) is 0 Å². The fraction of sp³-hybridized carbons (Fsp3) is 0.357. The second-order valence-electron chi connectivity index (χ2n) is 5.01. The molecule has 2 aromatic rings. The van der Waals surface area contributed by atoms with Crippen LogP contribution >= 0.6 is 11.3 Å². The minimum absolute atomic E-state index is 0.0542. The highest BCUT2D eigenvalue weighted by atomic mass is 32.1. The van der Waals surface area contributed by atoms with Crippen LogP contribution in [0.2, 0.25) is 0 Å². The number of carbonyl (C=O) groups excluding carboxylic acids is 1. The summed E-state index contributed by atoms with van der Waals surface area (Å²) in [6.45, 7) is 1.92. The van der Waals surface area contributed by atoms with Crippen molar-refractivity contribution < 1.29 is 4.79 Å². The maximum absolute atomic E-state index is 12.3. The Hall–Kier alpha value is -1.95. The van der Waals surface area contributed by atoms with E-state index < -0.39 is 5.91 Å². The number of nitrogens with two attached hydrogens (primary N) is 1. The van der Waals surface area contributed by atoms with Gasteiger partial charge in [-0.1, -0.05) is 0 Å². The summed E-state index contributed by atoms with van der Waals surface area (Å²) >= 11 is 1.50. The normalized spacial score (nSPS) is 14.1. The van der Waals surface area contributed by atoms with Crippen molar-refractivity contribution in [1.29, 1.82) is 0 Å². The number of fused-ring (bicyclic) bond motifs is 1. The molecular weight excluding hydrogens is 274 g/mol. The summed E-state index contributed by atoms with van der Waals surface area (Å²) in [4.78, 5) is 28.2. The zero-order chi connectivity index (χ0) is 14.3. The van der Waals surface area contributed by atoms with E-state index in [4.69, 9.17) is 5.73 Å². The number of primary amides is 1. The average Bonchev–Trinajstić information content (AvgIpc) is 2.85. The van der Waals surface area contributed by atoms with Gasteiger partial charge in [-0.05, 0) is 32.6 Å². The third-order valence-electron chi connectivity index (χ3n) is 3.58. The predicted molar refractivity (Wildman–Crippen MR) is 77.6 cm³/mol. The third-order valence-corrected chi connectivity index (χ3v) is 4.54. The Bertz CT molecular complexity index is 745. The number of thiazole rings is 1. The molecule has 2 aromatic heterocycles. The molecule has 2 N–H and O–H groups in total. The summed E-state index contributed by atoms with van der Waals surface area (Å²) in [5.41, 5.74) is 7.79. The standard InChI is InChI=1S/C14H15N3O2S/c1-8-7-20-14(16-8)17-6-10(13(15)19)12(18)9-4-2-3-5-11(9)17/h6-7H,2-5H2,1H3,(H2,15,19). The molecule has 0 unspecified atom stereocenters. The van der Waals surface area contributed by atoms with E-state index in [1.165, 1.54) is 11.3 Å². The molecule has 5 nitrogen and oxygen atoms in total. The molecular formula is C14H15N3O2S. The maximum atomic E-state index is 12.3. The summed E-state index contributed by atoms with van der Waals surface area (Å²) in [5, 5.41) is 2.73. The van der Waals surface area contributed by atoms with E-state index in [9.17, 15) is 9.59 Å². The van der Waals surface area contributed by atoms with Gasteiger partial charge >= 0.3 is 0 Å². The Morgan fingerprint density at radius 1 is 1.40 bits per heavy atom. The van der Waals surface area contributed by atoms with E-state index in [0.717, 1.165) is 41.3 Å². The first-order valence-corrected chi connectivity index (χ1v) is 7.45. The van der Waals surface area contributed by atoms with Crippen LogP contribution in [0, 0.1) is 6.92 Å². The number of amides is 1. The third kappa shape index (κ3) is 2.06. The lowest BCUT2D eigenvalue weighted by atomic mass is 9.94. The van der Waals surface area contributed by atoms with Gasteiger partial charge in [0.05, 0.1) is 5.69 Å². The van der Waals surface area contributed by atoms with Gasteiger partial charge in [-0.3, -0.25) is 14.2 Å². The van der Waals surface area contributed by atoms with Crippen molar-refractivity contribution in [1.82, 2.24) is 9.55 Å². The Morgan fingerprint density at radius 3 is 2.80 bits per heavy atom. The molecule has 2 heterocycles. The number of rotatable bonds is 2. The molecule has 0 saturated carbocycles. The second-order valence-corrected chi connectivity index (χ2v) is 5.85. The van der Waals surface area contributed by atoms with Crippen LogP contribution in [-0.4, -0.2) is 15.5 Å². The lowest BCUT2D eigenvalue weighted by Crippen LogP contribution is -2.30. The van der Waals surface area contributed by atoms with Crippen molar-refractivity contribution in [3.8, 4) is 5.13 Å². The summed E-state index contributed by atoms with van der Waals surface area (Å²) in [5.74, 6) is -0.676. The zero-order valence-electron chi connectivity index (χ0n) is 11.2. The highest BCUT2D eigenvalue weighted by Gasteiger charge is 2.22. The molecule has 20 heavy (non-hydrogen) atoms.